The number of carbonyl (C=O) groups is 1. The highest BCUT2D eigenvalue weighted by Crippen LogP contribution is 2.30. The summed E-state index contributed by atoms with van der Waals surface area (Å²) in [5.74, 6) is -0.596. The van der Waals surface area contributed by atoms with E-state index in [1.807, 2.05) is 19.1 Å². The van der Waals surface area contributed by atoms with Gasteiger partial charge in [-0.1, -0.05) is 41.9 Å². The van der Waals surface area contributed by atoms with Crippen molar-refractivity contribution in [3.63, 3.8) is 0 Å². The van der Waals surface area contributed by atoms with Gasteiger partial charge in [-0.05, 0) is 73.9 Å². The topological polar surface area (TPSA) is 54.5 Å². The molecule has 6 heteroatoms. The van der Waals surface area contributed by atoms with Crippen molar-refractivity contribution in [1.82, 2.24) is 0 Å². The molecule has 0 atom stereocenters. The summed E-state index contributed by atoms with van der Waals surface area (Å²) in [6, 6.07) is 18.1. The van der Waals surface area contributed by atoms with Crippen molar-refractivity contribution >= 4 is 33.2 Å². The molecule has 0 spiro atoms. The maximum Gasteiger partial charge on any atom is 0.272 e. The normalized spacial score (nSPS) is 11.3. The van der Waals surface area contributed by atoms with Gasteiger partial charge in [-0.2, -0.15) is 4.31 Å². The lowest BCUT2D eigenvalue weighted by atomic mass is 10.1. The molecule has 0 aliphatic heterocycles. The second kappa shape index (κ2) is 7.78. The molecule has 28 heavy (non-hydrogen) atoms. The molecule has 0 radical (unpaired) electrons. The van der Waals surface area contributed by atoms with E-state index in [0.717, 1.165) is 9.87 Å². The van der Waals surface area contributed by atoms with Gasteiger partial charge >= 0.3 is 0 Å². The van der Waals surface area contributed by atoms with Gasteiger partial charge in [0.1, 0.15) is 0 Å². The number of amides is 1. The number of rotatable bonds is 4. The Morgan fingerprint density at radius 1 is 0.857 bits per heavy atom. The van der Waals surface area contributed by atoms with Crippen LogP contribution in [0.1, 0.15) is 27.0 Å². The van der Waals surface area contributed by atoms with E-state index in [4.69, 9.17) is 11.6 Å². The molecule has 0 aliphatic rings. The molecule has 0 aliphatic carbocycles. The molecule has 0 aromatic heterocycles. The van der Waals surface area contributed by atoms with Gasteiger partial charge in [0.25, 0.3) is 15.9 Å². The highest BCUT2D eigenvalue weighted by molar-refractivity contribution is 7.93. The van der Waals surface area contributed by atoms with E-state index in [9.17, 15) is 13.2 Å². The minimum atomic E-state index is -4.15. The summed E-state index contributed by atoms with van der Waals surface area (Å²) in [5.41, 5.74) is 2.91. The van der Waals surface area contributed by atoms with Crippen molar-refractivity contribution in [2.75, 3.05) is 4.31 Å². The molecule has 0 bridgehead atoms. The standard InChI is InChI=1S/C22H20ClNO3S/c1-15-8-9-17(3)21(14-15)24(22(25)20-7-5-4-6-16(20)2)28(26,27)19-12-10-18(23)11-13-19/h4-14H,1-3H3. The first-order valence-corrected chi connectivity index (χ1v) is 10.5. The van der Waals surface area contributed by atoms with Crippen LogP contribution in [0.4, 0.5) is 5.69 Å². The van der Waals surface area contributed by atoms with E-state index in [1.165, 1.54) is 24.3 Å². The molecule has 1 amide bonds. The first kappa shape index (κ1) is 20.1. The van der Waals surface area contributed by atoms with Gasteiger partial charge in [-0.25, -0.2) is 8.42 Å². The van der Waals surface area contributed by atoms with E-state index in [2.05, 4.69) is 0 Å². The molecule has 144 valence electrons. The summed E-state index contributed by atoms with van der Waals surface area (Å²) in [5, 5.41) is 0.419. The SMILES string of the molecule is Cc1ccc(C)c(N(C(=O)c2ccccc2C)S(=O)(=O)c2ccc(Cl)cc2)c1. The minimum absolute atomic E-state index is 0.000240. The van der Waals surface area contributed by atoms with Crippen LogP contribution in [0, 0.1) is 20.8 Å². The fourth-order valence-electron chi connectivity index (χ4n) is 2.92. The third kappa shape index (κ3) is 3.81. The monoisotopic (exact) mass is 413 g/mol. The minimum Gasteiger partial charge on any atom is -0.268 e. The third-order valence-corrected chi connectivity index (χ3v) is 6.46. The molecule has 0 unspecified atom stereocenters. The number of anilines is 1. The second-order valence-corrected chi connectivity index (χ2v) is 8.86. The van der Waals surface area contributed by atoms with E-state index in [-0.39, 0.29) is 4.90 Å². The summed E-state index contributed by atoms with van der Waals surface area (Å²) >= 11 is 5.91. The Morgan fingerprint density at radius 2 is 1.50 bits per heavy atom. The molecule has 4 nitrogen and oxygen atoms in total. The van der Waals surface area contributed by atoms with Crippen LogP contribution >= 0.6 is 11.6 Å². The number of hydrogen-bond acceptors (Lipinski definition) is 3. The number of nitrogens with zero attached hydrogens (tertiary/aromatic N) is 1. The zero-order valence-electron chi connectivity index (χ0n) is 15.8. The van der Waals surface area contributed by atoms with Gasteiger partial charge in [0.2, 0.25) is 0 Å². The molecular weight excluding hydrogens is 394 g/mol. The van der Waals surface area contributed by atoms with Crippen LogP contribution in [0.5, 0.6) is 0 Å². The Labute approximate surface area is 170 Å². The number of aryl methyl sites for hydroxylation is 3. The smallest absolute Gasteiger partial charge is 0.268 e. The van der Waals surface area contributed by atoms with Crippen molar-refractivity contribution < 1.29 is 13.2 Å². The zero-order valence-corrected chi connectivity index (χ0v) is 17.4. The number of carbonyl (C=O) groups excluding carboxylic acids is 1. The average molecular weight is 414 g/mol. The summed E-state index contributed by atoms with van der Waals surface area (Å²) in [6.07, 6.45) is 0. The third-order valence-electron chi connectivity index (χ3n) is 4.50. The highest BCUT2D eigenvalue weighted by Gasteiger charge is 2.33. The van der Waals surface area contributed by atoms with Crippen molar-refractivity contribution in [2.45, 2.75) is 25.7 Å². The number of halogens is 1. The van der Waals surface area contributed by atoms with E-state index in [0.29, 0.717) is 27.4 Å². The van der Waals surface area contributed by atoms with Crippen LogP contribution in [0.2, 0.25) is 5.02 Å². The van der Waals surface area contributed by atoms with Crippen LogP contribution < -0.4 is 4.31 Å². The van der Waals surface area contributed by atoms with E-state index >= 15 is 0 Å². The Kier molecular flexibility index (Phi) is 5.59. The molecule has 3 rings (SSSR count). The predicted octanol–water partition coefficient (Wildman–Crippen LogP) is 5.30. The summed E-state index contributed by atoms with van der Waals surface area (Å²) in [7, 11) is -4.15. The number of hydrogen-bond donors (Lipinski definition) is 0. The van der Waals surface area contributed by atoms with Crippen molar-refractivity contribution in [3.05, 3.63) is 94.0 Å². The maximum atomic E-state index is 13.5. The van der Waals surface area contributed by atoms with Crippen molar-refractivity contribution in [2.24, 2.45) is 0 Å². The van der Waals surface area contributed by atoms with Crippen molar-refractivity contribution in [3.8, 4) is 0 Å². The largest absolute Gasteiger partial charge is 0.272 e. The Hall–Kier alpha value is -2.63. The van der Waals surface area contributed by atoms with Gasteiger partial charge < -0.3 is 0 Å². The quantitative estimate of drug-likeness (QED) is 0.583. The lowest BCUT2D eigenvalue weighted by molar-refractivity contribution is 0.100. The first-order chi connectivity index (χ1) is 13.2. The van der Waals surface area contributed by atoms with Crippen LogP contribution in [0.25, 0.3) is 0 Å². The Bertz CT molecular complexity index is 1140. The maximum absolute atomic E-state index is 13.5. The van der Waals surface area contributed by atoms with Crippen LogP contribution in [0.3, 0.4) is 0 Å². The molecule has 3 aromatic rings. The van der Waals surface area contributed by atoms with Gasteiger partial charge in [-0.3, -0.25) is 4.79 Å². The summed E-state index contributed by atoms with van der Waals surface area (Å²) < 4.78 is 27.9. The highest BCUT2D eigenvalue weighted by atomic mass is 35.5. The van der Waals surface area contributed by atoms with Crippen LogP contribution in [0.15, 0.2) is 71.6 Å². The summed E-state index contributed by atoms with van der Waals surface area (Å²) in [4.78, 5) is 13.4. The van der Waals surface area contributed by atoms with Gasteiger partial charge in [-0.15, -0.1) is 0 Å². The zero-order chi connectivity index (χ0) is 20.5. The molecule has 3 aromatic carbocycles. The molecule has 0 saturated heterocycles. The van der Waals surface area contributed by atoms with Gasteiger partial charge in [0.05, 0.1) is 10.6 Å². The Morgan fingerprint density at radius 3 is 2.14 bits per heavy atom. The van der Waals surface area contributed by atoms with Gasteiger partial charge in [0.15, 0.2) is 0 Å². The number of sulfonamides is 1. The summed E-state index contributed by atoms with van der Waals surface area (Å²) in [6.45, 7) is 5.42. The molecule has 0 saturated carbocycles. The lowest BCUT2D eigenvalue weighted by Gasteiger charge is -2.25. The second-order valence-electron chi connectivity index (χ2n) is 6.63. The molecule has 0 fully saturated rings. The molecule has 0 heterocycles. The van der Waals surface area contributed by atoms with E-state index in [1.54, 1.807) is 44.2 Å². The number of benzene rings is 3. The predicted molar refractivity (Wildman–Crippen MR) is 113 cm³/mol. The molecular formula is C22H20ClNO3S. The molecule has 0 N–H and O–H groups in total. The fraction of sp³-hybridized carbons (Fsp3) is 0.136. The fourth-order valence-corrected chi connectivity index (χ4v) is 4.51. The van der Waals surface area contributed by atoms with Crippen LogP contribution in [-0.4, -0.2) is 14.3 Å². The lowest BCUT2D eigenvalue weighted by Crippen LogP contribution is -2.38. The average Bonchev–Trinajstić information content (AvgIpc) is 2.65. The Balaban J connectivity index is 2.26. The van der Waals surface area contributed by atoms with Crippen LogP contribution in [-0.2, 0) is 10.0 Å². The first-order valence-electron chi connectivity index (χ1n) is 8.70. The van der Waals surface area contributed by atoms with Gasteiger partial charge in [0, 0.05) is 10.6 Å². The van der Waals surface area contributed by atoms with Crippen molar-refractivity contribution in [1.29, 1.82) is 0 Å². The van der Waals surface area contributed by atoms with E-state index < -0.39 is 15.9 Å².